The molecule has 0 aromatic rings. The third-order valence-electron chi connectivity index (χ3n) is 2.71. The van der Waals surface area contributed by atoms with Crippen molar-refractivity contribution in [1.82, 2.24) is 10.6 Å². The fourth-order valence-electron chi connectivity index (χ4n) is 2.15. The predicted molar refractivity (Wildman–Crippen MR) is 72.5 cm³/mol. The Morgan fingerprint density at radius 2 is 1.82 bits per heavy atom. The van der Waals surface area contributed by atoms with Crippen LogP contribution in [0.5, 0.6) is 0 Å². The van der Waals surface area contributed by atoms with E-state index in [9.17, 15) is 5.11 Å². The van der Waals surface area contributed by atoms with E-state index in [2.05, 4.69) is 58.3 Å². The quantitative estimate of drug-likeness (QED) is 0.658. The third-order valence-corrected chi connectivity index (χ3v) is 2.71. The normalized spacial score (nSPS) is 29.2. The highest BCUT2D eigenvalue weighted by atomic mass is 16.3. The lowest BCUT2D eigenvalue weighted by molar-refractivity contribution is 0.0692. The van der Waals surface area contributed by atoms with Gasteiger partial charge in [-0.25, -0.2) is 0 Å². The number of rotatable bonds is 1. The maximum atomic E-state index is 10.1. The van der Waals surface area contributed by atoms with E-state index in [4.69, 9.17) is 0 Å². The van der Waals surface area contributed by atoms with Gasteiger partial charge in [-0.1, -0.05) is 47.6 Å². The summed E-state index contributed by atoms with van der Waals surface area (Å²) >= 11 is 0. The van der Waals surface area contributed by atoms with Crippen LogP contribution in [-0.4, -0.2) is 23.9 Å². The van der Waals surface area contributed by atoms with Gasteiger partial charge in [0.15, 0.2) is 0 Å². The highest BCUT2D eigenvalue weighted by Crippen LogP contribution is 2.24. The first-order valence-electron chi connectivity index (χ1n) is 6.47. The first kappa shape index (κ1) is 14.5. The van der Waals surface area contributed by atoms with Crippen molar-refractivity contribution < 1.29 is 5.11 Å². The van der Waals surface area contributed by atoms with E-state index in [1.807, 2.05) is 0 Å². The molecule has 2 atom stereocenters. The van der Waals surface area contributed by atoms with E-state index < -0.39 is 6.23 Å². The summed E-state index contributed by atoms with van der Waals surface area (Å²) in [5, 5.41) is 16.7. The number of allylic oxidation sites excluding steroid dienone is 1. The Morgan fingerprint density at radius 1 is 1.24 bits per heavy atom. The average Bonchev–Trinajstić information content (AvgIpc) is 2.05. The highest BCUT2D eigenvalue weighted by Gasteiger charge is 2.28. The maximum absolute atomic E-state index is 10.1. The van der Waals surface area contributed by atoms with Crippen LogP contribution < -0.4 is 10.6 Å². The number of aliphatic hydroxyl groups excluding tert-OH is 1. The minimum Gasteiger partial charge on any atom is -0.372 e. The summed E-state index contributed by atoms with van der Waals surface area (Å²) in [4.78, 5) is 0. The lowest BCUT2D eigenvalue weighted by Gasteiger charge is -2.36. The van der Waals surface area contributed by atoms with E-state index in [1.165, 1.54) is 0 Å². The van der Waals surface area contributed by atoms with Crippen LogP contribution in [0.25, 0.3) is 0 Å². The van der Waals surface area contributed by atoms with Gasteiger partial charge in [-0.05, 0) is 17.3 Å². The molecule has 1 unspecified atom stereocenters. The molecule has 0 aliphatic carbocycles. The van der Waals surface area contributed by atoms with Crippen LogP contribution in [0.3, 0.4) is 0 Å². The van der Waals surface area contributed by atoms with E-state index in [0.29, 0.717) is 0 Å². The summed E-state index contributed by atoms with van der Waals surface area (Å²) in [6, 6.07) is 0.132. The van der Waals surface area contributed by atoms with Crippen molar-refractivity contribution in [3.05, 3.63) is 11.8 Å². The minimum atomic E-state index is -0.489. The second kappa shape index (κ2) is 4.99. The van der Waals surface area contributed by atoms with Gasteiger partial charge in [0, 0.05) is 12.2 Å². The fraction of sp³-hybridized carbons (Fsp3) is 0.857. The molecule has 100 valence electrons. The van der Waals surface area contributed by atoms with Crippen LogP contribution >= 0.6 is 0 Å². The predicted octanol–water partition coefficient (Wildman–Crippen LogP) is 2.23. The van der Waals surface area contributed by atoms with Crippen molar-refractivity contribution >= 4 is 0 Å². The molecule has 0 aromatic heterocycles. The molecule has 17 heavy (non-hydrogen) atoms. The molecule has 1 saturated heterocycles. The lowest BCUT2D eigenvalue weighted by Crippen LogP contribution is -2.55. The Morgan fingerprint density at radius 3 is 2.24 bits per heavy atom. The van der Waals surface area contributed by atoms with Crippen molar-refractivity contribution in [3.8, 4) is 0 Å². The van der Waals surface area contributed by atoms with Gasteiger partial charge in [0.1, 0.15) is 6.23 Å². The molecular weight excluding hydrogens is 212 g/mol. The summed E-state index contributed by atoms with van der Waals surface area (Å²) < 4.78 is 0. The SMILES string of the molecule is CC(C)(C)/C=C1\CN[C@@H](CC(C)(C)C)C(O)N1. The summed E-state index contributed by atoms with van der Waals surface area (Å²) in [5.41, 5.74) is 1.46. The molecule has 1 fully saturated rings. The number of piperazine rings is 1. The molecule has 1 heterocycles. The zero-order valence-corrected chi connectivity index (χ0v) is 12.1. The number of hydrogen-bond donors (Lipinski definition) is 3. The first-order valence-corrected chi connectivity index (χ1v) is 6.47. The van der Waals surface area contributed by atoms with E-state index >= 15 is 0 Å². The molecule has 3 N–H and O–H groups in total. The molecule has 3 nitrogen and oxygen atoms in total. The summed E-state index contributed by atoms with van der Waals surface area (Å²) in [6.07, 6.45) is 2.65. The molecule has 0 saturated carbocycles. The molecule has 0 bridgehead atoms. The van der Waals surface area contributed by atoms with Crippen molar-refractivity contribution in [3.63, 3.8) is 0 Å². The van der Waals surface area contributed by atoms with Crippen molar-refractivity contribution in [1.29, 1.82) is 0 Å². The summed E-state index contributed by atoms with van der Waals surface area (Å²) in [6.45, 7) is 13.9. The van der Waals surface area contributed by atoms with Gasteiger partial charge in [0.2, 0.25) is 0 Å². The molecule has 0 radical (unpaired) electrons. The molecule has 0 spiro atoms. The molecule has 1 rings (SSSR count). The van der Waals surface area contributed by atoms with Crippen LogP contribution in [0, 0.1) is 10.8 Å². The second-order valence-electron chi connectivity index (χ2n) is 7.38. The topological polar surface area (TPSA) is 44.3 Å². The highest BCUT2D eigenvalue weighted by molar-refractivity contribution is 5.11. The van der Waals surface area contributed by atoms with Crippen molar-refractivity contribution in [2.75, 3.05) is 6.54 Å². The largest absolute Gasteiger partial charge is 0.372 e. The van der Waals surface area contributed by atoms with Crippen LogP contribution in [0.1, 0.15) is 48.0 Å². The standard InChI is InChI=1S/C14H28N2O/c1-13(2,3)7-10-9-15-11(12(17)16-10)8-14(4,5)6/h7,11-12,15-17H,8-9H2,1-6H3/b10-7+/t11-,12?/m0/s1. The molecular formula is C14H28N2O. The Balaban J connectivity index is 2.59. The molecule has 3 heteroatoms. The number of hydrogen-bond acceptors (Lipinski definition) is 3. The average molecular weight is 240 g/mol. The number of nitrogens with one attached hydrogen (secondary N) is 2. The monoisotopic (exact) mass is 240 g/mol. The zero-order valence-electron chi connectivity index (χ0n) is 12.1. The van der Waals surface area contributed by atoms with E-state index in [-0.39, 0.29) is 16.9 Å². The summed E-state index contributed by atoms with van der Waals surface area (Å²) in [7, 11) is 0. The van der Waals surface area contributed by atoms with Gasteiger partial charge >= 0.3 is 0 Å². The van der Waals surface area contributed by atoms with Crippen molar-refractivity contribution in [2.24, 2.45) is 10.8 Å². The maximum Gasteiger partial charge on any atom is 0.139 e. The van der Waals surface area contributed by atoms with Gasteiger partial charge in [0.25, 0.3) is 0 Å². The van der Waals surface area contributed by atoms with Gasteiger partial charge in [0.05, 0.1) is 6.04 Å². The van der Waals surface area contributed by atoms with Crippen molar-refractivity contribution in [2.45, 2.75) is 60.2 Å². The van der Waals surface area contributed by atoms with Crippen LogP contribution in [0.2, 0.25) is 0 Å². The van der Waals surface area contributed by atoms with E-state index in [1.54, 1.807) is 0 Å². The molecule has 0 aromatic carbocycles. The first-order chi connectivity index (χ1) is 7.57. The van der Waals surface area contributed by atoms with Crippen LogP contribution in [-0.2, 0) is 0 Å². The Kier molecular flexibility index (Phi) is 4.26. The van der Waals surface area contributed by atoms with E-state index in [0.717, 1.165) is 18.7 Å². The number of aliphatic hydroxyl groups is 1. The van der Waals surface area contributed by atoms with Crippen LogP contribution in [0.4, 0.5) is 0 Å². The van der Waals surface area contributed by atoms with Gasteiger partial charge in [-0.15, -0.1) is 0 Å². The second-order valence-corrected chi connectivity index (χ2v) is 7.38. The van der Waals surface area contributed by atoms with Gasteiger partial charge < -0.3 is 15.7 Å². The Hall–Kier alpha value is -0.540. The Labute approximate surface area is 106 Å². The minimum absolute atomic E-state index is 0.132. The fourth-order valence-corrected chi connectivity index (χ4v) is 2.15. The smallest absolute Gasteiger partial charge is 0.139 e. The molecule has 0 amide bonds. The summed E-state index contributed by atoms with van der Waals surface area (Å²) in [5.74, 6) is 0. The molecule has 1 aliphatic heterocycles. The van der Waals surface area contributed by atoms with Gasteiger partial charge in [-0.2, -0.15) is 0 Å². The lowest BCUT2D eigenvalue weighted by atomic mass is 9.86. The zero-order chi connectivity index (χ0) is 13.3. The van der Waals surface area contributed by atoms with Gasteiger partial charge in [-0.3, -0.25) is 0 Å². The third kappa shape index (κ3) is 5.55. The Bertz CT molecular complexity index is 284. The van der Waals surface area contributed by atoms with Crippen LogP contribution in [0.15, 0.2) is 11.8 Å². The molecule has 1 aliphatic rings.